The van der Waals surface area contributed by atoms with E-state index in [9.17, 15) is 0 Å². The highest BCUT2D eigenvalue weighted by Crippen LogP contribution is 2.70. The van der Waals surface area contributed by atoms with Crippen LogP contribution in [0.1, 0.15) is 44.2 Å². The molecule has 6 heteroatoms. The molecule has 63 heavy (non-hydrogen) atoms. The van der Waals surface area contributed by atoms with Crippen LogP contribution in [0.2, 0.25) is 0 Å². The van der Waals surface area contributed by atoms with Crippen LogP contribution in [0.3, 0.4) is 0 Å². The number of fused-ring (bicyclic) bond motifs is 18. The Balaban J connectivity index is 0.842. The lowest BCUT2D eigenvalue weighted by molar-refractivity contribution is 0.124. The molecule has 14 rings (SSSR count). The van der Waals surface area contributed by atoms with Crippen molar-refractivity contribution in [3.8, 4) is 45.3 Å². The van der Waals surface area contributed by atoms with Crippen molar-refractivity contribution in [1.82, 2.24) is 0 Å². The van der Waals surface area contributed by atoms with Gasteiger partial charge in [0, 0.05) is 32.1 Å². The minimum atomic E-state index is -0.147. The Bertz CT molecular complexity index is 3310. The lowest BCUT2D eigenvalue weighted by atomic mass is 9.72. The van der Waals surface area contributed by atoms with E-state index in [0.29, 0.717) is 0 Å². The Hall–Kier alpha value is -6.34. The van der Waals surface area contributed by atoms with Gasteiger partial charge in [-0.05, 0) is 158 Å². The molecule has 2 atom stereocenters. The molecule has 0 spiro atoms. The fraction of sp³-hybridized carbons (Fsp3) is 0.158. The zero-order valence-corrected chi connectivity index (χ0v) is 36.5. The van der Waals surface area contributed by atoms with Gasteiger partial charge in [-0.3, -0.25) is 0 Å². The van der Waals surface area contributed by atoms with Crippen molar-refractivity contribution in [2.75, 3.05) is 13.6 Å². The molecule has 304 valence electrons. The summed E-state index contributed by atoms with van der Waals surface area (Å²) in [5, 5.41) is 9.47. The van der Waals surface area contributed by atoms with Gasteiger partial charge < -0.3 is 18.9 Å². The van der Waals surface area contributed by atoms with Gasteiger partial charge >= 0.3 is 0 Å². The number of rotatable bonds is 2. The molecule has 2 aliphatic carbocycles. The van der Waals surface area contributed by atoms with Crippen LogP contribution in [-0.4, -0.2) is 23.1 Å². The monoisotopic (exact) mass is 852 g/mol. The summed E-state index contributed by atoms with van der Waals surface area (Å²) in [5.41, 5.74) is 13.1. The molecule has 0 aromatic heterocycles. The number of hydrogen-bond acceptors (Lipinski definition) is 6. The number of hydrogen-bond donors (Lipinski definition) is 0. The number of benzene rings is 8. The standard InChI is InChI=1S/C57H40O4S2/c1-56-44(28-50(62-56)36-14-20-40-34(26-36)18-24-48-54(40)52-38-10-5-3-8-32(38)16-22-46(52)58-30-60-48)42-12-7-13-43(42)45-29-51(63-57(45,56)2)37-15-21-41-35(27-37)19-25-49-55(41)53-39-11-6-4-9-33(39)17-23-47(53)59-31-61-49/h3-6,8-11,14-29H,7,12-13,30-31H2,1-2H3/t56-,57-/m1/s1. The second-order valence-corrected chi connectivity index (χ2v) is 20.7. The van der Waals surface area contributed by atoms with E-state index in [4.69, 9.17) is 18.9 Å². The lowest BCUT2D eigenvalue weighted by Gasteiger charge is -2.47. The van der Waals surface area contributed by atoms with Crippen LogP contribution in [0.4, 0.5) is 0 Å². The van der Waals surface area contributed by atoms with Gasteiger partial charge in [0.05, 0.1) is 9.49 Å². The Morgan fingerprint density at radius 2 is 0.794 bits per heavy atom. The van der Waals surface area contributed by atoms with Crippen molar-refractivity contribution >= 4 is 76.4 Å². The van der Waals surface area contributed by atoms with E-state index in [-0.39, 0.29) is 23.1 Å². The third-order valence-corrected chi connectivity index (χ3v) is 18.0. The zero-order valence-electron chi connectivity index (χ0n) is 34.8. The molecule has 0 radical (unpaired) electrons. The van der Waals surface area contributed by atoms with Crippen molar-refractivity contribution in [2.24, 2.45) is 0 Å². The van der Waals surface area contributed by atoms with Crippen LogP contribution in [-0.2, 0) is 0 Å². The van der Waals surface area contributed by atoms with Crippen molar-refractivity contribution in [3.63, 3.8) is 0 Å². The second-order valence-electron chi connectivity index (χ2n) is 17.8. The molecule has 0 saturated heterocycles. The molecule has 4 nitrogen and oxygen atoms in total. The molecule has 4 aliphatic heterocycles. The summed E-state index contributed by atoms with van der Waals surface area (Å²) in [6.45, 7) is 5.41. The van der Waals surface area contributed by atoms with Gasteiger partial charge in [-0.2, -0.15) is 0 Å². The van der Waals surface area contributed by atoms with E-state index in [1.807, 2.05) is 0 Å². The normalized spacial score (nSPS) is 21.7. The molecule has 1 saturated carbocycles. The van der Waals surface area contributed by atoms with Crippen LogP contribution in [0, 0.1) is 0 Å². The van der Waals surface area contributed by atoms with Gasteiger partial charge in [0.15, 0.2) is 0 Å². The molecular weight excluding hydrogens is 813 g/mol. The van der Waals surface area contributed by atoms with Crippen LogP contribution in [0.15, 0.2) is 168 Å². The molecule has 0 N–H and O–H groups in total. The van der Waals surface area contributed by atoms with E-state index in [0.717, 1.165) is 58.1 Å². The van der Waals surface area contributed by atoms with Gasteiger partial charge in [0.1, 0.15) is 23.0 Å². The van der Waals surface area contributed by atoms with Crippen molar-refractivity contribution in [3.05, 3.63) is 179 Å². The average Bonchev–Trinajstić information content (AvgIpc) is 3.96. The summed E-state index contributed by atoms with van der Waals surface area (Å²) in [7, 11) is 0. The van der Waals surface area contributed by atoms with E-state index in [1.54, 1.807) is 11.1 Å². The van der Waals surface area contributed by atoms with E-state index >= 15 is 0 Å². The Kier molecular flexibility index (Phi) is 7.52. The van der Waals surface area contributed by atoms with Crippen LogP contribution >= 0.6 is 23.5 Å². The summed E-state index contributed by atoms with van der Waals surface area (Å²) >= 11 is 4.12. The van der Waals surface area contributed by atoms with Crippen molar-refractivity contribution in [1.29, 1.82) is 0 Å². The SMILES string of the molecule is C[C@@]12SC(c3ccc4c5c(ccc4c3)OCOc3ccc4ccccc4c3-5)=CC1=C1CCCC1=C1C=C(c3ccc4c5c(ccc4c3)OCOc3ccc4ccccc4c3-5)S[C@]12C. The molecule has 8 aromatic rings. The first-order valence-corrected chi connectivity index (χ1v) is 23.6. The van der Waals surface area contributed by atoms with Crippen LogP contribution in [0.25, 0.3) is 75.2 Å². The van der Waals surface area contributed by atoms with Crippen LogP contribution < -0.4 is 18.9 Å². The smallest absolute Gasteiger partial charge is 0.230 e. The molecule has 1 fully saturated rings. The Morgan fingerprint density at radius 3 is 1.22 bits per heavy atom. The topological polar surface area (TPSA) is 36.9 Å². The predicted octanol–water partition coefficient (Wildman–Crippen LogP) is 15.3. The van der Waals surface area contributed by atoms with Gasteiger partial charge in [-0.25, -0.2) is 0 Å². The minimum Gasteiger partial charge on any atom is -0.457 e. The summed E-state index contributed by atoms with van der Waals surface area (Å²) in [6, 6.07) is 48.3. The largest absolute Gasteiger partial charge is 0.457 e. The van der Waals surface area contributed by atoms with Gasteiger partial charge in [-0.1, -0.05) is 97.1 Å². The van der Waals surface area contributed by atoms with Gasteiger partial charge in [0.25, 0.3) is 0 Å². The second kappa shape index (κ2) is 13.1. The van der Waals surface area contributed by atoms with E-state index < -0.39 is 0 Å². The Labute approximate surface area is 373 Å². The van der Waals surface area contributed by atoms with Crippen LogP contribution in [0.5, 0.6) is 23.0 Å². The number of allylic oxidation sites excluding steroid dienone is 4. The zero-order chi connectivity index (χ0) is 41.6. The Morgan fingerprint density at radius 1 is 0.413 bits per heavy atom. The first kappa shape index (κ1) is 36.2. The third kappa shape index (κ3) is 5.02. The molecule has 8 aromatic carbocycles. The minimum absolute atomic E-state index is 0.147. The first-order valence-electron chi connectivity index (χ1n) is 21.9. The predicted molar refractivity (Wildman–Crippen MR) is 262 cm³/mol. The fourth-order valence-electron chi connectivity index (χ4n) is 11.5. The molecule has 0 unspecified atom stereocenters. The average molecular weight is 853 g/mol. The molecule has 6 aliphatic rings. The lowest BCUT2D eigenvalue weighted by Crippen LogP contribution is -2.47. The van der Waals surface area contributed by atoms with Gasteiger partial charge in [-0.15, -0.1) is 23.5 Å². The third-order valence-electron chi connectivity index (χ3n) is 14.7. The van der Waals surface area contributed by atoms with Crippen molar-refractivity contribution < 1.29 is 18.9 Å². The number of thioether (sulfide) groups is 2. The maximum Gasteiger partial charge on any atom is 0.230 e. The van der Waals surface area contributed by atoms with E-state index in [2.05, 4.69) is 183 Å². The summed E-state index contributed by atoms with van der Waals surface area (Å²) < 4.78 is 24.5. The molecule has 0 amide bonds. The van der Waals surface area contributed by atoms with Crippen molar-refractivity contribution in [2.45, 2.75) is 42.6 Å². The number of ether oxygens (including phenoxy) is 4. The summed E-state index contributed by atoms with van der Waals surface area (Å²) in [6.07, 6.45) is 8.58. The maximum absolute atomic E-state index is 6.24. The first-order chi connectivity index (χ1) is 30.9. The molecule has 4 heterocycles. The quantitative estimate of drug-likeness (QED) is 0.172. The highest BCUT2D eigenvalue weighted by Gasteiger charge is 2.59. The molecular formula is C57H40O4S2. The summed E-state index contributed by atoms with van der Waals surface area (Å²) in [5.74, 6) is 3.43. The molecule has 0 bridgehead atoms. The summed E-state index contributed by atoms with van der Waals surface area (Å²) in [4.78, 5) is 2.69. The fourth-order valence-corrected chi connectivity index (χ4v) is 14.6. The van der Waals surface area contributed by atoms with E-state index in [1.165, 1.54) is 81.6 Å². The highest BCUT2D eigenvalue weighted by molar-refractivity contribution is 8.14. The van der Waals surface area contributed by atoms with Gasteiger partial charge in [0.2, 0.25) is 13.6 Å². The maximum atomic E-state index is 6.24. The highest BCUT2D eigenvalue weighted by atomic mass is 32.2.